The van der Waals surface area contributed by atoms with E-state index < -0.39 is 5.97 Å². The summed E-state index contributed by atoms with van der Waals surface area (Å²) in [6.45, 7) is 0.721. The molecular formula is C25H24N2O3S. The van der Waals surface area contributed by atoms with Crippen LogP contribution in [0.4, 0.5) is 0 Å². The maximum absolute atomic E-state index is 12.9. The number of hydrogen-bond donors (Lipinski definition) is 2. The maximum atomic E-state index is 12.9. The number of carbonyl (C=O) groups is 2. The van der Waals surface area contributed by atoms with Gasteiger partial charge in [-0.2, -0.15) is 0 Å². The molecule has 31 heavy (non-hydrogen) atoms. The van der Waals surface area contributed by atoms with E-state index in [9.17, 15) is 9.59 Å². The molecule has 6 heteroatoms. The summed E-state index contributed by atoms with van der Waals surface area (Å²) < 4.78 is 2.18. The van der Waals surface area contributed by atoms with Crippen LogP contribution in [0.2, 0.25) is 0 Å². The molecule has 1 atom stereocenters. The van der Waals surface area contributed by atoms with Crippen LogP contribution in [-0.2, 0) is 16.1 Å². The molecule has 3 aromatic rings. The number of nitrogens with zero attached hydrogens (tertiary/aromatic N) is 1. The fraction of sp³-hybridized carbons (Fsp3) is 0.280. The van der Waals surface area contributed by atoms with E-state index in [2.05, 4.69) is 58.5 Å². The number of aliphatic carboxylic acids is 1. The Morgan fingerprint density at radius 2 is 1.71 bits per heavy atom. The third-order valence-electron chi connectivity index (χ3n) is 6.27. The van der Waals surface area contributed by atoms with Crippen molar-refractivity contribution in [3.05, 3.63) is 78.1 Å². The Hall–Kier alpha value is -2.99. The topological polar surface area (TPSA) is 71.3 Å². The van der Waals surface area contributed by atoms with Crippen LogP contribution in [0.5, 0.6) is 0 Å². The lowest BCUT2D eigenvalue weighted by Gasteiger charge is -2.33. The number of aromatic nitrogens is 1. The molecule has 0 bridgehead atoms. The van der Waals surface area contributed by atoms with Crippen molar-refractivity contribution < 1.29 is 14.7 Å². The van der Waals surface area contributed by atoms with Gasteiger partial charge >= 0.3 is 5.97 Å². The highest BCUT2D eigenvalue weighted by Crippen LogP contribution is 2.41. The zero-order valence-corrected chi connectivity index (χ0v) is 17.8. The van der Waals surface area contributed by atoms with Gasteiger partial charge < -0.3 is 15.0 Å². The quantitative estimate of drug-likeness (QED) is 0.607. The Labute approximate surface area is 185 Å². The van der Waals surface area contributed by atoms with E-state index in [0.29, 0.717) is 12.8 Å². The number of carboxylic acids is 1. The van der Waals surface area contributed by atoms with Crippen LogP contribution in [0.25, 0.3) is 11.1 Å². The minimum absolute atomic E-state index is 0.0134. The summed E-state index contributed by atoms with van der Waals surface area (Å²) in [5.41, 5.74) is 4.65. The van der Waals surface area contributed by atoms with Gasteiger partial charge in [-0.05, 0) is 35.6 Å². The molecule has 2 N–H and O–H groups in total. The van der Waals surface area contributed by atoms with Crippen LogP contribution >= 0.6 is 11.8 Å². The standard InChI is InChI=1S/C25H24N2O3S/c28-24(26-20-12-19(13-20)25(29)30)21-15-31-22-10-11-27(23(21)22)14-16-6-8-18(9-7-16)17-4-2-1-3-5-17/h1-11,19-21H,12-15H2,(H,26,28)(H,29,30). The summed E-state index contributed by atoms with van der Waals surface area (Å²) in [6.07, 6.45) is 3.12. The maximum Gasteiger partial charge on any atom is 0.306 e. The highest BCUT2D eigenvalue weighted by molar-refractivity contribution is 7.99. The van der Waals surface area contributed by atoms with E-state index in [1.807, 2.05) is 18.2 Å². The zero-order valence-electron chi connectivity index (χ0n) is 17.0. The third kappa shape index (κ3) is 4.00. The summed E-state index contributed by atoms with van der Waals surface area (Å²) in [5.74, 6) is -0.529. The van der Waals surface area contributed by atoms with Crippen molar-refractivity contribution in [1.82, 2.24) is 9.88 Å². The molecule has 2 aromatic carbocycles. The second-order valence-corrected chi connectivity index (χ2v) is 9.39. The van der Waals surface area contributed by atoms with Gasteiger partial charge in [0.05, 0.1) is 11.8 Å². The first kappa shape index (κ1) is 19.9. The first-order chi connectivity index (χ1) is 15.1. The average molecular weight is 433 g/mol. The van der Waals surface area contributed by atoms with Gasteiger partial charge in [0.1, 0.15) is 0 Å². The number of fused-ring (bicyclic) bond motifs is 1. The smallest absolute Gasteiger partial charge is 0.306 e. The molecule has 1 aliphatic heterocycles. The van der Waals surface area contributed by atoms with Crippen molar-refractivity contribution in [1.29, 1.82) is 0 Å². The highest BCUT2D eigenvalue weighted by Gasteiger charge is 2.38. The van der Waals surface area contributed by atoms with Crippen LogP contribution < -0.4 is 5.32 Å². The first-order valence-electron chi connectivity index (χ1n) is 10.6. The van der Waals surface area contributed by atoms with E-state index >= 15 is 0 Å². The molecule has 1 unspecified atom stereocenters. The molecule has 2 aliphatic rings. The van der Waals surface area contributed by atoms with Gasteiger partial charge in [0.25, 0.3) is 0 Å². The molecule has 0 spiro atoms. The Morgan fingerprint density at radius 1 is 1.00 bits per heavy atom. The number of amides is 1. The normalized spacial score (nSPS) is 21.9. The van der Waals surface area contributed by atoms with Crippen LogP contribution in [-0.4, -0.2) is 33.3 Å². The minimum atomic E-state index is -0.767. The Bertz CT molecular complexity index is 1100. The van der Waals surface area contributed by atoms with Gasteiger partial charge in [0.2, 0.25) is 5.91 Å². The molecule has 2 heterocycles. The summed E-state index contributed by atoms with van der Waals surface area (Å²) in [7, 11) is 0. The monoisotopic (exact) mass is 432 g/mol. The number of hydrogen-bond acceptors (Lipinski definition) is 3. The number of thioether (sulfide) groups is 1. The molecule has 158 valence electrons. The number of rotatable bonds is 6. The SMILES string of the molecule is O=C(O)C1CC(NC(=O)C2CSc3ccn(Cc4ccc(-c5ccccc5)cc4)c32)C1. The van der Waals surface area contributed by atoms with Crippen molar-refractivity contribution in [2.75, 3.05) is 5.75 Å². The highest BCUT2D eigenvalue weighted by atomic mass is 32.2. The molecule has 1 aromatic heterocycles. The van der Waals surface area contributed by atoms with Crippen molar-refractivity contribution in [2.24, 2.45) is 5.92 Å². The zero-order chi connectivity index (χ0) is 21.4. The molecule has 0 saturated heterocycles. The first-order valence-corrected chi connectivity index (χ1v) is 11.6. The number of carboxylic acid groups (broad SMARTS) is 1. The number of benzene rings is 2. The van der Waals surface area contributed by atoms with Crippen LogP contribution in [0.15, 0.2) is 71.8 Å². The number of nitrogens with one attached hydrogen (secondary N) is 1. The van der Waals surface area contributed by atoms with E-state index in [4.69, 9.17) is 5.11 Å². The van der Waals surface area contributed by atoms with Crippen LogP contribution in [0.1, 0.15) is 30.0 Å². The second-order valence-electron chi connectivity index (χ2n) is 8.33. The van der Waals surface area contributed by atoms with Crippen molar-refractivity contribution in [3.63, 3.8) is 0 Å². The predicted molar refractivity (Wildman–Crippen MR) is 121 cm³/mol. The molecule has 5 nitrogen and oxygen atoms in total. The largest absolute Gasteiger partial charge is 0.481 e. The van der Waals surface area contributed by atoms with Crippen molar-refractivity contribution >= 4 is 23.6 Å². The van der Waals surface area contributed by atoms with E-state index in [1.54, 1.807) is 11.8 Å². The van der Waals surface area contributed by atoms with Crippen molar-refractivity contribution in [3.8, 4) is 11.1 Å². The number of carbonyl (C=O) groups excluding carboxylic acids is 1. The molecule has 0 radical (unpaired) electrons. The second kappa shape index (κ2) is 8.27. The van der Waals surface area contributed by atoms with E-state index in [1.165, 1.54) is 16.7 Å². The summed E-state index contributed by atoms with van der Waals surface area (Å²) in [5, 5.41) is 12.1. The molecular weight excluding hydrogens is 408 g/mol. The Morgan fingerprint density at radius 3 is 2.42 bits per heavy atom. The third-order valence-corrected chi connectivity index (χ3v) is 7.42. The van der Waals surface area contributed by atoms with Gasteiger partial charge in [-0.25, -0.2) is 0 Å². The lowest BCUT2D eigenvalue weighted by Crippen LogP contribution is -2.48. The summed E-state index contributed by atoms with van der Waals surface area (Å²) >= 11 is 1.72. The average Bonchev–Trinajstić information content (AvgIpc) is 3.34. The van der Waals surface area contributed by atoms with Gasteiger partial charge in [-0.3, -0.25) is 9.59 Å². The van der Waals surface area contributed by atoms with Gasteiger partial charge in [0.15, 0.2) is 0 Å². The fourth-order valence-electron chi connectivity index (χ4n) is 4.42. The van der Waals surface area contributed by atoms with E-state index in [-0.39, 0.29) is 23.8 Å². The molecule has 5 rings (SSSR count). The lowest BCUT2D eigenvalue weighted by molar-refractivity contribution is -0.146. The van der Waals surface area contributed by atoms with Gasteiger partial charge in [-0.1, -0.05) is 54.6 Å². The van der Waals surface area contributed by atoms with Crippen molar-refractivity contribution in [2.45, 2.75) is 36.2 Å². The van der Waals surface area contributed by atoms with Gasteiger partial charge in [0, 0.05) is 35.1 Å². The Kier molecular flexibility index (Phi) is 5.32. The molecule has 1 saturated carbocycles. The van der Waals surface area contributed by atoms with Gasteiger partial charge in [-0.15, -0.1) is 11.8 Å². The van der Waals surface area contributed by atoms with Crippen LogP contribution in [0, 0.1) is 5.92 Å². The van der Waals surface area contributed by atoms with E-state index in [0.717, 1.165) is 22.9 Å². The van der Waals surface area contributed by atoms with Crippen LogP contribution in [0.3, 0.4) is 0 Å². The lowest BCUT2D eigenvalue weighted by atomic mass is 9.80. The molecule has 1 fully saturated rings. The summed E-state index contributed by atoms with van der Waals surface area (Å²) in [6, 6.07) is 21.0. The Balaban J connectivity index is 1.27. The fourth-order valence-corrected chi connectivity index (χ4v) is 5.64. The minimum Gasteiger partial charge on any atom is -0.481 e. The molecule has 1 amide bonds. The predicted octanol–water partition coefficient (Wildman–Crippen LogP) is 4.37. The molecule has 1 aliphatic carbocycles. The summed E-state index contributed by atoms with van der Waals surface area (Å²) in [4.78, 5) is 25.1.